The Balaban J connectivity index is 2.23. The maximum Gasteiger partial charge on any atom is 0.302 e. The van der Waals surface area contributed by atoms with Gasteiger partial charge in [0.2, 0.25) is 0 Å². The molecule has 2 rings (SSSR count). The van der Waals surface area contributed by atoms with Crippen LogP contribution in [-0.2, 0) is 9.53 Å². The van der Waals surface area contributed by atoms with Gasteiger partial charge in [0.05, 0.1) is 16.1 Å². The Morgan fingerprint density at radius 1 is 1.21 bits per heavy atom. The van der Waals surface area contributed by atoms with E-state index in [1.165, 1.54) is 6.92 Å². The molecule has 0 spiro atoms. The number of rotatable bonds is 6. The normalized spacial score (nSPS) is 11.6. The van der Waals surface area contributed by atoms with Gasteiger partial charge in [-0.3, -0.25) is 10.2 Å². The van der Waals surface area contributed by atoms with Crippen LogP contribution in [0, 0.1) is 5.41 Å². The summed E-state index contributed by atoms with van der Waals surface area (Å²) in [6, 6.07) is 12.0. The van der Waals surface area contributed by atoms with Crippen LogP contribution in [0.5, 0.6) is 0 Å². The molecule has 1 atom stereocenters. The molecule has 0 radical (unpaired) electrons. The van der Waals surface area contributed by atoms with Gasteiger partial charge in [0.15, 0.2) is 0 Å². The van der Waals surface area contributed by atoms with Crippen LogP contribution in [0.25, 0.3) is 0 Å². The molecule has 2 aromatic rings. The van der Waals surface area contributed by atoms with E-state index in [1.807, 2.05) is 6.07 Å². The van der Waals surface area contributed by atoms with Gasteiger partial charge in [-0.25, -0.2) is 0 Å². The highest BCUT2D eigenvalue weighted by atomic mass is 35.5. The van der Waals surface area contributed by atoms with Gasteiger partial charge in [-0.2, -0.15) is 0 Å². The lowest BCUT2D eigenvalue weighted by molar-refractivity contribution is -0.141. The number of halogens is 2. The van der Waals surface area contributed by atoms with Gasteiger partial charge in [0.25, 0.3) is 0 Å². The molecule has 1 unspecified atom stereocenters. The second-order valence-corrected chi connectivity index (χ2v) is 5.98. The van der Waals surface area contributed by atoms with Gasteiger partial charge in [-0.05, 0) is 42.0 Å². The molecule has 5 nitrogen and oxygen atoms in total. The van der Waals surface area contributed by atoms with Crippen LogP contribution in [0.3, 0.4) is 0 Å². The molecule has 0 aromatic heterocycles. The quantitative estimate of drug-likeness (QED) is 0.410. The summed E-state index contributed by atoms with van der Waals surface area (Å²) in [6.45, 7) is 1.50. The molecule has 24 heavy (non-hydrogen) atoms. The average molecular weight is 366 g/mol. The maximum absolute atomic E-state index is 11.1. The predicted octanol–water partition coefficient (Wildman–Crippen LogP) is 3.99. The highest BCUT2D eigenvalue weighted by Crippen LogP contribution is 2.28. The minimum atomic E-state index is -0.367. The zero-order valence-electron chi connectivity index (χ0n) is 13.0. The molecule has 0 amide bonds. The molecule has 0 fully saturated rings. The number of nitrogens with one attached hydrogen (secondary N) is 2. The predicted molar refractivity (Wildman–Crippen MR) is 96.9 cm³/mol. The van der Waals surface area contributed by atoms with Crippen molar-refractivity contribution in [3.05, 3.63) is 63.6 Å². The van der Waals surface area contributed by atoms with Crippen molar-refractivity contribution < 1.29 is 9.53 Å². The van der Waals surface area contributed by atoms with E-state index < -0.39 is 0 Å². The van der Waals surface area contributed by atoms with Crippen molar-refractivity contribution in [3.63, 3.8) is 0 Å². The smallest absolute Gasteiger partial charge is 0.302 e. The number of hydrogen-bond acceptors (Lipinski definition) is 4. The molecule has 0 saturated heterocycles. The second kappa shape index (κ2) is 8.04. The Kier molecular flexibility index (Phi) is 6.06. The second-order valence-electron chi connectivity index (χ2n) is 5.16. The Labute approximate surface area is 150 Å². The molecular weight excluding hydrogens is 349 g/mol. The lowest BCUT2D eigenvalue weighted by atomic mass is 10.1. The first-order valence-electron chi connectivity index (χ1n) is 7.16. The summed E-state index contributed by atoms with van der Waals surface area (Å²) in [6.07, 6.45) is 0. The third-order valence-corrected chi connectivity index (χ3v) is 4.08. The third kappa shape index (κ3) is 4.88. The van der Waals surface area contributed by atoms with E-state index in [9.17, 15) is 4.79 Å². The molecule has 4 N–H and O–H groups in total. The number of carbonyl (C=O) groups excluding carboxylic acids is 1. The van der Waals surface area contributed by atoms with Crippen molar-refractivity contribution in [1.82, 2.24) is 0 Å². The van der Waals surface area contributed by atoms with Crippen molar-refractivity contribution >= 4 is 40.7 Å². The first kappa shape index (κ1) is 18.1. The SMILES string of the molecule is CC(=O)OCC(Nc1ccc(C(=N)N)cc1)c1ccc(Cl)c(Cl)c1. The Hall–Kier alpha value is -2.24. The van der Waals surface area contributed by atoms with Gasteiger partial charge < -0.3 is 15.8 Å². The van der Waals surface area contributed by atoms with E-state index in [2.05, 4.69) is 5.32 Å². The fourth-order valence-corrected chi connectivity index (χ4v) is 2.40. The van der Waals surface area contributed by atoms with Crippen LogP contribution in [0.2, 0.25) is 10.0 Å². The van der Waals surface area contributed by atoms with E-state index in [0.29, 0.717) is 15.6 Å². The maximum atomic E-state index is 11.1. The lowest BCUT2D eigenvalue weighted by Crippen LogP contribution is -2.19. The van der Waals surface area contributed by atoms with Crippen molar-refractivity contribution in [1.29, 1.82) is 5.41 Å². The molecule has 126 valence electrons. The molecule has 0 aliphatic carbocycles. The third-order valence-electron chi connectivity index (χ3n) is 3.34. The largest absolute Gasteiger partial charge is 0.463 e. The number of hydrogen-bond donors (Lipinski definition) is 3. The summed E-state index contributed by atoms with van der Waals surface area (Å²) in [4.78, 5) is 11.1. The number of amidine groups is 1. The summed E-state index contributed by atoms with van der Waals surface area (Å²) in [7, 11) is 0. The van der Waals surface area contributed by atoms with Gasteiger partial charge >= 0.3 is 5.97 Å². The Bertz CT molecular complexity index is 748. The standard InChI is InChI=1S/C17H17Cl2N3O2/c1-10(23)24-9-16(12-4-7-14(18)15(19)8-12)22-13-5-2-11(3-6-13)17(20)21/h2-8,16,22H,9H2,1H3,(H3,20,21). The van der Waals surface area contributed by atoms with Gasteiger partial charge in [-0.1, -0.05) is 29.3 Å². The zero-order chi connectivity index (χ0) is 17.7. The number of carbonyl (C=O) groups is 1. The number of nitrogens with two attached hydrogens (primary N) is 1. The van der Waals surface area contributed by atoms with Crippen LogP contribution >= 0.6 is 23.2 Å². The van der Waals surface area contributed by atoms with E-state index in [0.717, 1.165) is 11.3 Å². The summed E-state index contributed by atoms with van der Waals surface area (Å²) in [5.74, 6) is -0.365. The fourth-order valence-electron chi connectivity index (χ4n) is 2.10. The fraction of sp³-hybridized carbons (Fsp3) is 0.176. The highest BCUT2D eigenvalue weighted by molar-refractivity contribution is 6.42. The molecular formula is C17H17Cl2N3O2. The van der Waals surface area contributed by atoms with E-state index in [1.54, 1.807) is 36.4 Å². The molecule has 7 heteroatoms. The highest BCUT2D eigenvalue weighted by Gasteiger charge is 2.15. The Morgan fingerprint density at radius 2 is 1.88 bits per heavy atom. The van der Waals surface area contributed by atoms with E-state index in [-0.39, 0.29) is 24.5 Å². The number of ether oxygens (including phenoxy) is 1. The number of esters is 1. The van der Waals surface area contributed by atoms with Crippen LogP contribution in [0.1, 0.15) is 24.1 Å². The van der Waals surface area contributed by atoms with Crippen LogP contribution in [0.4, 0.5) is 5.69 Å². The van der Waals surface area contributed by atoms with E-state index in [4.69, 9.17) is 39.1 Å². The summed E-state index contributed by atoms with van der Waals surface area (Å²) in [5, 5.41) is 11.6. The lowest BCUT2D eigenvalue weighted by Gasteiger charge is -2.21. The number of benzene rings is 2. The van der Waals surface area contributed by atoms with Gasteiger partial charge in [0, 0.05) is 18.2 Å². The molecule has 0 saturated carbocycles. The first-order chi connectivity index (χ1) is 11.4. The minimum absolute atomic E-state index is 0.00231. The van der Waals surface area contributed by atoms with Gasteiger partial charge in [-0.15, -0.1) is 0 Å². The van der Waals surface area contributed by atoms with Gasteiger partial charge in [0.1, 0.15) is 12.4 Å². The molecule has 0 bridgehead atoms. The summed E-state index contributed by atoms with van der Waals surface area (Å²) < 4.78 is 5.13. The van der Waals surface area contributed by atoms with Crippen LogP contribution in [0.15, 0.2) is 42.5 Å². The molecule has 0 heterocycles. The summed E-state index contributed by atoms with van der Waals surface area (Å²) in [5.41, 5.74) is 7.71. The van der Waals surface area contributed by atoms with Crippen LogP contribution < -0.4 is 11.1 Å². The van der Waals surface area contributed by atoms with Crippen molar-refractivity contribution in [2.24, 2.45) is 5.73 Å². The topological polar surface area (TPSA) is 88.2 Å². The zero-order valence-corrected chi connectivity index (χ0v) is 14.5. The molecule has 0 aliphatic heterocycles. The summed E-state index contributed by atoms with van der Waals surface area (Å²) >= 11 is 12.0. The molecule has 2 aromatic carbocycles. The van der Waals surface area contributed by atoms with Crippen molar-refractivity contribution in [2.45, 2.75) is 13.0 Å². The van der Waals surface area contributed by atoms with Crippen molar-refractivity contribution in [3.8, 4) is 0 Å². The molecule has 0 aliphatic rings. The van der Waals surface area contributed by atoms with Crippen LogP contribution in [-0.4, -0.2) is 18.4 Å². The number of anilines is 1. The first-order valence-corrected chi connectivity index (χ1v) is 7.91. The minimum Gasteiger partial charge on any atom is -0.463 e. The monoisotopic (exact) mass is 365 g/mol. The Morgan fingerprint density at radius 3 is 2.42 bits per heavy atom. The van der Waals surface area contributed by atoms with Crippen molar-refractivity contribution in [2.75, 3.05) is 11.9 Å². The van der Waals surface area contributed by atoms with E-state index >= 15 is 0 Å². The number of nitrogen functional groups attached to an aromatic ring is 1. The average Bonchev–Trinajstić information content (AvgIpc) is 2.54.